The van der Waals surface area contributed by atoms with Crippen molar-refractivity contribution in [1.29, 1.82) is 0 Å². The van der Waals surface area contributed by atoms with Gasteiger partial charge in [0.2, 0.25) is 0 Å². The smallest absolute Gasteiger partial charge is 0.335 e. The van der Waals surface area contributed by atoms with Crippen LogP contribution in [0.4, 0.5) is 0 Å². The first-order valence-corrected chi connectivity index (χ1v) is 7.32. The molecule has 0 aliphatic heterocycles. The van der Waals surface area contributed by atoms with Gasteiger partial charge in [0.15, 0.2) is 0 Å². The van der Waals surface area contributed by atoms with Crippen LogP contribution in [0.1, 0.15) is 10.4 Å². The van der Waals surface area contributed by atoms with Crippen molar-refractivity contribution in [2.75, 3.05) is 0 Å². The van der Waals surface area contributed by atoms with Gasteiger partial charge in [-0.1, -0.05) is 23.7 Å². The third kappa shape index (κ3) is 3.49. The number of carboxylic acid groups (broad SMARTS) is 1. The minimum absolute atomic E-state index is 0.270. The molecule has 2 aromatic carbocycles. The Labute approximate surface area is 137 Å². The van der Waals surface area contributed by atoms with Crippen molar-refractivity contribution in [2.45, 2.75) is 0 Å². The van der Waals surface area contributed by atoms with E-state index in [0.717, 1.165) is 21.3 Å². The predicted molar refractivity (Wildman–Crippen MR) is 92.0 cm³/mol. The average molecular weight is 325 g/mol. The van der Waals surface area contributed by atoms with E-state index in [1.54, 1.807) is 24.4 Å². The highest BCUT2D eigenvalue weighted by Crippen LogP contribution is 2.17. The first kappa shape index (κ1) is 15.1. The molecule has 0 fully saturated rings. The largest absolute Gasteiger partial charge is 0.478 e. The molecule has 2 aromatic heterocycles. The zero-order valence-electron chi connectivity index (χ0n) is 12.0. The minimum atomic E-state index is -0.924. The number of H-pyrrole nitrogens is 1. The van der Waals surface area contributed by atoms with E-state index < -0.39 is 5.97 Å². The molecule has 23 heavy (non-hydrogen) atoms. The van der Waals surface area contributed by atoms with Crippen molar-refractivity contribution >= 4 is 39.4 Å². The van der Waals surface area contributed by atoms with Gasteiger partial charge in [0.1, 0.15) is 0 Å². The molecule has 0 saturated carbocycles. The second kappa shape index (κ2) is 6.50. The zero-order chi connectivity index (χ0) is 16.2. The fourth-order valence-electron chi connectivity index (χ4n) is 2.22. The summed E-state index contributed by atoms with van der Waals surface area (Å²) in [7, 11) is 0. The first-order valence-electron chi connectivity index (χ1n) is 6.94. The number of benzene rings is 2. The van der Waals surface area contributed by atoms with Gasteiger partial charge in [0.25, 0.3) is 0 Å². The van der Waals surface area contributed by atoms with Crippen molar-refractivity contribution in [1.82, 2.24) is 9.97 Å². The van der Waals surface area contributed by atoms with Gasteiger partial charge < -0.3 is 10.1 Å². The quantitative estimate of drug-likeness (QED) is 0.530. The lowest BCUT2D eigenvalue weighted by molar-refractivity contribution is 0.0697. The van der Waals surface area contributed by atoms with Crippen LogP contribution in [0.3, 0.4) is 0 Å². The number of aromatic amines is 1. The molecule has 0 spiro atoms. The Balaban J connectivity index is 0.000000140. The number of carbonyl (C=O) groups is 1. The maximum absolute atomic E-state index is 10.6. The molecule has 4 nitrogen and oxygen atoms in total. The van der Waals surface area contributed by atoms with E-state index in [1.165, 1.54) is 0 Å². The molecule has 0 bridgehead atoms. The lowest BCUT2D eigenvalue weighted by Gasteiger charge is -1.97. The van der Waals surface area contributed by atoms with Crippen LogP contribution < -0.4 is 0 Å². The standard InChI is InChI=1S/C10H7NO2.C8H6ClN/c12-10(13)8-4-3-7-2-1-5-11-9(7)6-8;9-7-1-2-8-6(5-7)3-4-10-8/h1-6H,(H,12,13);1-5,10H. The van der Waals surface area contributed by atoms with E-state index in [9.17, 15) is 4.79 Å². The highest BCUT2D eigenvalue weighted by Gasteiger charge is 2.02. The van der Waals surface area contributed by atoms with Crippen molar-refractivity contribution in [2.24, 2.45) is 0 Å². The lowest BCUT2D eigenvalue weighted by atomic mass is 10.1. The average Bonchev–Trinajstić information content (AvgIpc) is 3.02. The number of aromatic carboxylic acids is 1. The molecule has 114 valence electrons. The molecule has 0 unspecified atom stereocenters. The van der Waals surface area contributed by atoms with Gasteiger partial charge in [-0.15, -0.1) is 0 Å². The molecular formula is C18H13ClN2O2. The van der Waals surface area contributed by atoms with Crippen LogP contribution in [0.2, 0.25) is 5.02 Å². The number of rotatable bonds is 1. The van der Waals surface area contributed by atoms with Gasteiger partial charge in [0.05, 0.1) is 11.1 Å². The molecule has 0 amide bonds. The van der Waals surface area contributed by atoms with Gasteiger partial charge in [-0.25, -0.2) is 4.79 Å². The lowest BCUT2D eigenvalue weighted by Crippen LogP contribution is -1.95. The second-order valence-electron chi connectivity index (χ2n) is 4.93. The highest BCUT2D eigenvalue weighted by atomic mass is 35.5. The summed E-state index contributed by atoms with van der Waals surface area (Å²) < 4.78 is 0. The third-order valence-electron chi connectivity index (χ3n) is 3.37. The highest BCUT2D eigenvalue weighted by molar-refractivity contribution is 6.31. The van der Waals surface area contributed by atoms with Gasteiger partial charge in [0, 0.05) is 33.7 Å². The fraction of sp³-hybridized carbons (Fsp3) is 0. The first-order chi connectivity index (χ1) is 11.1. The molecule has 4 aromatic rings. The summed E-state index contributed by atoms with van der Waals surface area (Å²) >= 11 is 5.76. The van der Waals surface area contributed by atoms with Crippen LogP contribution in [0, 0.1) is 0 Å². The SMILES string of the molecule is Clc1ccc2[nH]ccc2c1.O=C(O)c1ccc2cccnc2c1. The van der Waals surface area contributed by atoms with Crippen LogP contribution in [0.15, 0.2) is 67.0 Å². The number of pyridine rings is 1. The molecule has 2 heterocycles. The van der Waals surface area contributed by atoms with E-state index in [2.05, 4.69) is 9.97 Å². The van der Waals surface area contributed by atoms with E-state index >= 15 is 0 Å². The molecule has 0 atom stereocenters. The van der Waals surface area contributed by atoms with Crippen LogP contribution >= 0.6 is 11.6 Å². The number of hydrogen-bond donors (Lipinski definition) is 2. The molecule has 5 heteroatoms. The van der Waals surface area contributed by atoms with Crippen molar-refractivity contribution < 1.29 is 9.90 Å². The van der Waals surface area contributed by atoms with E-state index in [4.69, 9.17) is 16.7 Å². The number of halogens is 1. The van der Waals surface area contributed by atoms with Gasteiger partial charge in [-0.2, -0.15) is 0 Å². The van der Waals surface area contributed by atoms with Crippen molar-refractivity contribution in [3.63, 3.8) is 0 Å². The summed E-state index contributed by atoms with van der Waals surface area (Å²) in [4.78, 5) is 17.8. The van der Waals surface area contributed by atoms with Gasteiger partial charge in [-0.05, 0) is 42.5 Å². The summed E-state index contributed by atoms with van der Waals surface area (Å²) in [5.41, 5.74) is 2.11. The maximum atomic E-state index is 10.6. The molecule has 0 aliphatic carbocycles. The number of hydrogen-bond acceptors (Lipinski definition) is 2. The molecule has 0 radical (unpaired) electrons. The molecule has 4 rings (SSSR count). The number of aromatic nitrogens is 2. The predicted octanol–water partition coefficient (Wildman–Crippen LogP) is 4.75. The number of nitrogens with one attached hydrogen (secondary N) is 1. The van der Waals surface area contributed by atoms with Crippen LogP contribution in [-0.2, 0) is 0 Å². The Bertz CT molecular complexity index is 979. The van der Waals surface area contributed by atoms with Crippen molar-refractivity contribution in [3.8, 4) is 0 Å². The van der Waals surface area contributed by atoms with Crippen LogP contribution in [0.5, 0.6) is 0 Å². The summed E-state index contributed by atoms with van der Waals surface area (Å²) in [5, 5.41) is 11.6. The summed E-state index contributed by atoms with van der Waals surface area (Å²) in [6.07, 6.45) is 3.55. The molecule has 0 saturated heterocycles. The third-order valence-corrected chi connectivity index (χ3v) is 3.60. The Hall–Kier alpha value is -2.85. The number of carboxylic acids is 1. The Morgan fingerprint density at radius 3 is 2.74 bits per heavy atom. The molecule has 0 aliphatic rings. The number of fused-ring (bicyclic) bond motifs is 2. The Morgan fingerprint density at radius 2 is 1.91 bits per heavy atom. The Kier molecular flexibility index (Phi) is 4.26. The van der Waals surface area contributed by atoms with E-state index in [0.29, 0.717) is 5.52 Å². The van der Waals surface area contributed by atoms with E-state index in [-0.39, 0.29) is 5.56 Å². The molecular weight excluding hydrogens is 312 g/mol. The summed E-state index contributed by atoms with van der Waals surface area (Å²) in [6, 6.07) is 16.4. The summed E-state index contributed by atoms with van der Waals surface area (Å²) in [6.45, 7) is 0. The fourth-order valence-corrected chi connectivity index (χ4v) is 2.40. The maximum Gasteiger partial charge on any atom is 0.335 e. The summed E-state index contributed by atoms with van der Waals surface area (Å²) in [5.74, 6) is -0.924. The molecule has 2 N–H and O–H groups in total. The monoisotopic (exact) mass is 324 g/mol. The van der Waals surface area contributed by atoms with E-state index in [1.807, 2.05) is 42.6 Å². The van der Waals surface area contributed by atoms with Crippen LogP contribution in [-0.4, -0.2) is 21.0 Å². The second-order valence-corrected chi connectivity index (χ2v) is 5.36. The van der Waals surface area contributed by atoms with Crippen molar-refractivity contribution in [3.05, 3.63) is 77.6 Å². The minimum Gasteiger partial charge on any atom is -0.478 e. The normalized spacial score (nSPS) is 10.3. The van der Waals surface area contributed by atoms with Gasteiger partial charge in [-0.3, -0.25) is 4.98 Å². The Morgan fingerprint density at radius 1 is 1.04 bits per heavy atom. The zero-order valence-corrected chi connectivity index (χ0v) is 12.8. The topological polar surface area (TPSA) is 66.0 Å². The number of nitrogens with zero attached hydrogens (tertiary/aromatic N) is 1. The van der Waals surface area contributed by atoms with Crippen LogP contribution in [0.25, 0.3) is 21.8 Å². The van der Waals surface area contributed by atoms with Gasteiger partial charge >= 0.3 is 5.97 Å².